The summed E-state index contributed by atoms with van der Waals surface area (Å²) in [5.41, 5.74) is 2.00. The molecule has 1 heterocycles. The van der Waals surface area contributed by atoms with Gasteiger partial charge in [0.05, 0.1) is 11.2 Å². The smallest absolute Gasteiger partial charge is 0.0934 e. The first kappa shape index (κ1) is 13.2. The van der Waals surface area contributed by atoms with Gasteiger partial charge in [0.15, 0.2) is 0 Å². The van der Waals surface area contributed by atoms with Crippen LogP contribution in [0.1, 0.15) is 27.2 Å². The van der Waals surface area contributed by atoms with Gasteiger partial charge in [-0.1, -0.05) is 37.9 Å². The fourth-order valence-corrected chi connectivity index (χ4v) is 2.23. The number of halogens is 1. The van der Waals surface area contributed by atoms with Crippen LogP contribution >= 0.6 is 11.6 Å². The quantitative estimate of drug-likeness (QED) is 0.861. The molecule has 2 rings (SSSR count). The summed E-state index contributed by atoms with van der Waals surface area (Å²) < 4.78 is 0. The molecule has 0 saturated carbocycles. The Labute approximate surface area is 113 Å². The minimum Gasteiger partial charge on any atom is -0.381 e. The second kappa shape index (κ2) is 5.57. The van der Waals surface area contributed by atoms with Crippen molar-refractivity contribution in [3.05, 3.63) is 35.5 Å². The SMILES string of the molecule is CCC(C)C(C)Nc1cc(Cl)cc2cccnc12. The van der Waals surface area contributed by atoms with E-state index in [9.17, 15) is 0 Å². The van der Waals surface area contributed by atoms with E-state index < -0.39 is 0 Å². The van der Waals surface area contributed by atoms with Crippen molar-refractivity contribution in [1.29, 1.82) is 0 Å². The maximum absolute atomic E-state index is 6.15. The van der Waals surface area contributed by atoms with Gasteiger partial charge in [0, 0.05) is 22.6 Å². The minimum absolute atomic E-state index is 0.402. The van der Waals surface area contributed by atoms with Crippen molar-refractivity contribution in [3.8, 4) is 0 Å². The fraction of sp³-hybridized carbons (Fsp3) is 0.400. The van der Waals surface area contributed by atoms with Gasteiger partial charge in [-0.25, -0.2) is 0 Å². The molecule has 0 aliphatic rings. The molecule has 0 bridgehead atoms. The number of hydrogen-bond donors (Lipinski definition) is 1. The molecule has 0 aliphatic carbocycles. The Hall–Kier alpha value is -1.28. The number of anilines is 1. The second-order valence-electron chi connectivity index (χ2n) is 4.85. The highest BCUT2D eigenvalue weighted by molar-refractivity contribution is 6.31. The first-order chi connectivity index (χ1) is 8.61. The lowest BCUT2D eigenvalue weighted by molar-refractivity contribution is 0.495. The van der Waals surface area contributed by atoms with Crippen molar-refractivity contribution in [2.75, 3.05) is 5.32 Å². The van der Waals surface area contributed by atoms with E-state index in [1.807, 2.05) is 30.5 Å². The summed E-state index contributed by atoms with van der Waals surface area (Å²) in [6, 6.07) is 8.27. The van der Waals surface area contributed by atoms with E-state index in [-0.39, 0.29) is 0 Å². The van der Waals surface area contributed by atoms with Gasteiger partial charge in [-0.3, -0.25) is 4.98 Å². The van der Waals surface area contributed by atoms with Crippen molar-refractivity contribution >= 4 is 28.2 Å². The molecule has 0 fully saturated rings. The molecule has 0 amide bonds. The lowest BCUT2D eigenvalue weighted by Gasteiger charge is -2.22. The van der Waals surface area contributed by atoms with E-state index in [4.69, 9.17) is 11.6 Å². The van der Waals surface area contributed by atoms with Gasteiger partial charge < -0.3 is 5.32 Å². The number of pyridine rings is 1. The summed E-state index contributed by atoms with van der Waals surface area (Å²) in [6.07, 6.45) is 2.97. The topological polar surface area (TPSA) is 24.9 Å². The number of nitrogens with one attached hydrogen (secondary N) is 1. The molecule has 0 spiro atoms. The maximum Gasteiger partial charge on any atom is 0.0934 e. The van der Waals surface area contributed by atoms with Crippen molar-refractivity contribution < 1.29 is 0 Å². The van der Waals surface area contributed by atoms with Gasteiger partial charge in [0.1, 0.15) is 0 Å². The number of benzene rings is 1. The van der Waals surface area contributed by atoms with Crippen molar-refractivity contribution in [1.82, 2.24) is 4.98 Å². The zero-order valence-electron chi connectivity index (χ0n) is 11.1. The molecule has 18 heavy (non-hydrogen) atoms. The highest BCUT2D eigenvalue weighted by Gasteiger charge is 2.12. The largest absolute Gasteiger partial charge is 0.381 e. The lowest BCUT2D eigenvalue weighted by Crippen LogP contribution is -2.23. The Morgan fingerprint density at radius 2 is 2.11 bits per heavy atom. The monoisotopic (exact) mass is 262 g/mol. The van der Waals surface area contributed by atoms with Gasteiger partial charge in [0.2, 0.25) is 0 Å². The summed E-state index contributed by atoms with van der Waals surface area (Å²) >= 11 is 6.15. The second-order valence-corrected chi connectivity index (χ2v) is 5.28. The fourth-order valence-electron chi connectivity index (χ4n) is 2.01. The third kappa shape index (κ3) is 2.75. The first-order valence-corrected chi connectivity index (χ1v) is 6.80. The molecule has 3 heteroatoms. The highest BCUT2D eigenvalue weighted by atomic mass is 35.5. The Kier molecular flexibility index (Phi) is 4.07. The summed E-state index contributed by atoms with van der Waals surface area (Å²) in [6.45, 7) is 6.65. The molecule has 2 nitrogen and oxygen atoms in total. The number of hydrogen-bond acceptors (Lipinski definition) is 2. The standard InChI is InChI=1S/C15H19ClN2/c1-4-10(2)11(3)18-14-9-13(16)8-12-6-5-7-17-15(12)14/h5-11,18H,4H2,1-3H3. The van der Waals surface area contributed by atoms with E-state index in [1.165, 1.54) is 0 Å². The van der Waals surface area contributed by atoms with Crippen LogP contribution < -0.4 is 5.32 Å². The zero-order valence-corrected chi connectivity index (χ0v) is 11.8. The van der Waals surface area contributed by atoms with Gasteiger partial charge in [-0.2, -0.15) is 0 Å². The summed E-state index contributed by atoms with van der Waals surface area (Å²) in [7, 11) is 0. The number of nitrogens with zero attached hydrogens (tertiary/aromatic N) is 1. The Morgan fingerprint density at radius 1 is 1.33 bits per heavy atom. The first-order valence-electron chi connectivity index (χ1n) is 6.42. The van der Waals surface area contributed by atoms with Gasteiger partial charge in [-0.15, -0.1) is 0 Å². The Morgan fingerprint density at radius 3 is 2.83 bits per heavy atom. The van der Waals surface area contributed by atoms with Crippen LogP contribution in [0.15, 0.2) is 30.5 Å². The molecule has 0 aliphatic heterocycles. The van der Waals surface area contributed by atoms with Crippen LogP contribution in [0.2, 0.25) is 5.02 Å². The molecule has 1 N–H and O–H groups in total. The van der Waals surface area contributed by atoms with Gasteiger partial charge >= 0.3 is 0 Å². The van der Waals surface area contributed by atoms with Crippen molar-refractivity contribution in [2.45, 2.75) is 33.2 Å². The summed E-state index contributed by atoms with van der Waals surface area (Å²) in [5, 5.41) is 5.35. The molecule has 1 aromatic carbocycles. The van der Waals surface area contributed by atoms with Crippen LogP contribution in [-0.2, 0) is 0 Å². The van der Waals surface area contributed by atoms with E-state index in [1.54, 1.807) is 0 Å². The lowest BCUT2D eigenvalue weighted by atomic mass is 10.0. The van der Waals surface area contributed by atoms with Crippen LogP contribution in [-0.4, -0.2) is 11.0 Å². The number of fused-ring (bicyclic) bond motifs is 1. The predicted molar refractivity (Wildman–Crippen MR) is 79.3 cm³/mol. The van der Waals surface area contributed by atoms with Crippen LogP contribution in [0.25, 0.3) is 10.9 Å². The molecular weight excluding hydrogens is 244 g/mol. The molecule has 2 aromatic rings. The normalized spacial score (nSPS) is 14.4. The van der Waals surface area contributed by atoms with Gasteiger partial charge in [0.25, 0.3) is 0 Å². The maximum atomic E-state index is 6.15. The van der Waals surface area contributed by atoms with E-state index in [2.05, 4.69) is 31.1 Å². The van der Waals surface area contributed by atoms with Crippen LogP contribution in [0.3, 0.4) is 0 Å². The third-order valence-corrected chi connectivity index (χ3v) is 3.77. The van der Waals surface area contributed by atoms with Crippen LogP contribution in [0.5, 0.6) is 0 Å². The van der Waals surface area contributed by atoms with Crippen LogP contribution in [0, 0.1) is 5.92 Å². The molecule has 2 atom stereocenters. The predicted octanol–water partition coefficient (Wildman–Crippen LogP) is 4.73. The Bertz CT molecular complexity index is 539. The molecule has 2 unspecified atom stereocenters. The average molecular weight is 263 g/mol. The average Bonchev–Trinajstić information content (AvgIpc) is 2.37. The molecular formula is C15H19ClN2. The Balaban J connectivity index is 2.38. The van der Waals surface area contributed by atoms with E-state index >= 15 is 0 Å². The minimum atomic E-state index is 0.402. The van der Waals surface area contributed by atoms with Gasteiger partial charge in [-0.05, 0) is 31.0 Å². The third-order valence-electron chi connectivity index (χ3n) is 3.55. The summed E-state index contributed by atoms with van der Waals surface area (Å²) in [5.74, 6) is 0.614. The van der Waals surface area contributed by atoms with Crippen molar-refractivity contribution in [2.24, 2.45) is 5.92 Å². The highest BCUT2D eigenvalue weighted by Crippen LogP contribution is 2.27. The summed E-state index contributed by atoms with van der Waals surface area (Å²) in [4.78, 5) is 4.44. The van der Waals surface area contributed by atoms with Crippen LogP contribution in [0.4, 0.5) is 5.69 Å². The van der Waals surface area contributed by atoms with E-state index in [0.29, 0.717) is 12.0 Å². The number of rotatable bonds is 4. The molecule has 0 saturated heterocycles. The molecule has 1 aromatic heterocycles. The van der Waals surface area contributed by atoms with E-state index in [0.717, 1.165) is 28.0 Å². The number of aromatic nitrogens is 1. The zero-order chi connectivity index (χ0) is 13.1. The van der Waals surface area contributed by atoms with Crippen molar-refractivity contribution in [3.63, 3.8) is 0 Å². The molecule has 0 radical (unpaired) electrons. The molecule has 96 valence electrons.